The maximum Gasteiger partial charge on any atom is 0.417 e. The van der Waals surface area contributed by atoms with Gasteiger partial charge in [0.2, 0.25) is 26.4 Å². The summed E-state index contributed by atoms with van der Waals surface area (Å²) in [5.41, 5.74) is 1.65. The van der Waals surface area contributed by atoms with Gasteiger partial charge in [-0.1, -0.05) is 140 Å². The highest BCUT2D eigenvalue weighted by molar-refractivity contribution is 7.89. The second-order valence-corrected chi connectivity index (χ2v) is 36.8. The lowest BCUT2D eigenvalue weighted by atomic mass is 10.0. The normalized spacial score (nSPS) is 20.1. The maximum atomic E-state index is 14.1. The van der Waals surface area contributed by atoms with Gasteiger partial charge in [0.15, 0.2) is 25.0 Å². The summed E-state index contributed by atoms with van der Waals surface area (Å²) >= 11 is 0. The van der Waals surface area contributed by atoms with Gasteiger partial charge in [0.25, 0.3) is 0 Å². The SMILES string of the molecule is C.C.CC(C)CN(C[C@@H](O)[C@H](Cc1ccccc1)NC(=O)O[C@H]1CO[C@H]2OCC[C@H]21)S(=O)(=O)c1ccc(OCP(=O)(O)Oc2ccccc2)cc1.CC(C)CN(C[C@@H](O)[C@H](Cc1ccccc1)NC(=O)O[C@H]1CO[C@H]2OCC[C@H]21)S(=O)(=O)c1ccc(OCP(=O)(Oc2ccccc2)O[C@@H](C)C(=O)OC(C)C)cc1.CC(C)OC(=O)[C@H](C)O. The molecule has 6 N–H and O–H groups in total. The van der Waals surface area contributed by atoms with Gasteiger partial charge in [-0.05, 0) is 163 Å². The molecule has 0 radical (unpaired) electrons. The quantitative estimate of drug-likeness (QED) is 0.0119. The Hall–Kier alpha value is -8.08. The highest BCUT2D eigenvalue weighted by atomic mass is 32.2. The largest absolute Gasteiger partial charge is 0.480 e. The number of rotatable bonds is 38. The molecule has 0 bridgehead atoms. The van der Waals surface area contributed by atoms with Crippen molar-refractivity contribution in [1.82, 2.24) is 19.2 Å². The molecule has 6 aromatic rings. The number of nitrogens with zero attached hydrogens (tertiary/aromatic N) is 2. The molecule has 4 fully saturated rings. The van der Waals surface area contributed by atoms with Crippen LogP contribution in [0.1, 0.15) is 108 Å². The third kappa shape index (κ3) is 31.2. The van der Waals surface area contributed by atoms with Crippen molar-refractivity contribution in [3.05, 3.63) is 181 Å². The Morgan fingerprint density at radius 2 is 0.846 bits per heavy atom. The second-order valence-electron chi connectivity index (χ2n) is 29.3. The van der Waals surface area contributed by atoms with Gasteiger partial charge in [0.1, 0.15) is 41.3 Å². The summed E-state index contributed by atoms with van der Waals surface area (Å²) in [5.74, 6) is -0.915. The van der Waals surface area contributed by atoms with Crippen LogP contribution in [-0.4, -0.2) is 209 Å². The van der Waals surface area contributed by atoms with E-state index in [4.69, 9.17) is 61.3 Å². The third-order valence-corrected chi connectivity index (χ3v) is 24.1. The number of fused-ring (bicyclic) bond motifs is 2. The minimum atomic E-state index is -4.20. The Kier molecular flexibility index (Phi) is 38.8. The van der Waals surface area contributed by atoms with Gasteiger partial charge < -0.3 is 87.3 Å². The van der Waals surface area contributed by atoms with Gasteiger partial charge in [0, 0.05) is 26.2 Å². The number of aliphatic hydroxyl groups excluding tert-OH is 3. The predicted molar refractivity (Wildman–Crippen MR) is 435 cm³/mol. The Morgan fingerprint density at radius 3 is 1.21 bits per heavy atom. The average Bonchev–Trinajstić information content (AvgIpc) is 1.65. The lowest BCUT2D eigenvalue weighted by Crippen LogP contribution is -2.51. The van der Waals surface area contributed by atoms with Crippen LogP contribution < -0.4 is 29.2 Å². The third-order valence-electron chi connectivity index (χ3n) is 17.9. The first-order chi connectivity index (χ1) is 54.5. The summed E-state index contributed by atoms with van der Waals surface area (Å²) in [7, 11) is -16.6. The highest BCUT2D eigenvalue weighted by Gasteiger charge is 2.46. The van der Waals surface area contributed by atoms with E-state index in [2.05, 4.69) is 15.4 Å². The van der Waals surface area contributed by atoms with E-state index in [0.29, 0.717) is 26.1 Å². The molecule has 4 heterocycles. The molecule has 117 heavy (non-hydrogen) atoms. The summed E-state index contributed by atoms with van der Waals surface area (Å²) in [6, 6.07) is 43.9. The number of para-hydroxylation sites is 2. The smallest absolute Gasteiger partial charge is 0.417 e. The van der Waals surface area contributed by atoms with Crippen LogP contribution in [0, 0.1) is 23.7 Å². The lowest BCUT2D eigenvalue weighted by Gasteiger charge is -2.31. The Balaban J connectivity index is 0.000000326. The van der Waals surface area contributed by atoms with Crippen LogP contribution in [-0.2, 0) is 94.0 Å². The molecule has 6 aromatic carbocycles. The summed E-state index contributed by atoms with van der Waals surface area (Å²) in [5, 5.41) is 37.3. The van der Waals surface area contributed by atoms with Gasteiger partial charge >= 0.3 is 39.3 Å². The van der Waals surface area contributed by atoms with Crippen LogP contribution in [0.25, 0.3) is 0 Å². The van der Waals surface area contributed by atoms with E-state index in [0.717, 1.165) is 11.1 Å². The molecule has 2 amide bonds. The number of nitrogens with one attached hydrogen (secondary N) is 2. The van der Waals surface area contributed by atoms with Gasteiger partial charge in [0.05, 0.1) is 84.6 Å². The van der Waals surface area contributed by atoms with Crippen molar-refractivity contribution in [2.24, 2.45) is 23.7 Å². The average molecular weight is 1720 g/mol. The molecule has 4 saturated heterocycles. The predicted octanol–water partition coefficient (Wildman–Crippen LogP) is 11.7. The number of benzene rings is 6. The van der Waals surface area contributed by atoms with Crippen molar-refractivity contribution in [3.8, 4) is 23.0 Å². The number of carbonyl (C=O) groups excluding carboxylic acids is 4. The van der Waals surface area contributed by atoms with Gasteiger partial charge in [-0.3, -0.25) is 4.52 Å². The molecule has 0 aliphatic carbocycles. The zero-order valence-electron chi connectivity index (χ0n) is 66.1. The maximum absolute atomic E-state index is 14.1. The molecule has 2 unspecified atom stereocenters. The molecule has 31 nitrogen and oxygen atoms in total. The van der Waals surface area contributed by atoms with Crippen LogP contribution in [0.4, 0.5) is 9.59 Å². The number of amides is 2. The first-order valence-electron chi connectivity index (χ1n) is 38.0. The zero-order chi connectivity index (χ0) is 83.6. The van der Waals surface area contributed by atoms with Crippen LogP contribution >= 0.6 is 15.2 Å². The number of esters is 2. The minimum absolute atomic E-state index is 0. The van der Waals surface area contributed by atoms with Crippen LogP contribution in [0.2, 0.25) is 0 Å². The van der Waals surface area contributed by atoms with E-state index in [1.165, 1.54) is 71.0 Å². The van der Waals surface area contributed by atoms with Crippen molar-refractivity contribution in [3.63, 3.8) is 0 Å². The first kappa shape index (κ1) is 97.7. The Morgan fingerprint density at radius 1 is 0.479 bits per heavy atom. The van der Waals surface area contributed by atoms with Crippen LogP contribution in [0.15, 0.2) is 180 Å². The monoisotopic (exact) mass is 1710 g/mol. The van der Waals surface area contributed by atoms with E-state index >= 15 is 0 Å². The zero-order valence-corrected chi connectivity index (χ0v) is 69.5. The van der Waals surface area contributed by atoms with Gasteiger partial charge in [-0.25, -0.2) is 45.1 Å². The molecule has 0 aromatic heterocycles. The molecule has 10 rings (SSSR count). The number of aliphatic hydroxyl groups is 3. The molecular formula is C82H116N4O27P2S2. The molecule has 14 atom stereocenters. The molecule has 4 aliphatic heterocycles. The molecule has 4 aliphatic rings. The van der Waals surface area contributed by atoms with Crippen LogP contribution in [0.3, 0.4) is 0 Å². The van der Waals surface area contributed by atoms with Crippen molar-refractivity contribution in [2.45, 2.75) is 193 Å². The fourth-order valence-electron chi connectivity index (χ4n) is 12.4. The number of hydrogen-bond acceptors (Lipinski definition) is 26. The number of alkyl carbamates (subject to hydrolysis) is 2. The van der Waals surface area contributed by atoms with Crippen molar-refractivity contribution < 1.29 is 126 Å². The Bertz CT molecular complexity index is 4340. The van der Waals surface area contributed by atoms with Gasteiger partial charge in [-0.15, -0.1) is 0 Å². The van der Waals surface area contributed by atoms with Gasteiger partial charge in [-0.2, -0.15) is 8.61 Å². The summed E-state index contributed by atoms with van der Waals surface area (Å²) in [6.45, 7) is 18.0. The number of ether oxygens (including phenoxy) is 10. The van der Waals surface area contributed by atoms with Crippen LogP contribution in [0.5, 0.6) is 23.0 Å². The fraction of sp³-hybridized carbons (Fsp3) is 0.512. The standard InChI is InChI=1S/C40H53N2O13PS.C34H43N2O11PS.C6H12O3.2CH4/c1-27(2)23-42(24-36(43)35(22-30-12-8-6-9-13-30)41-40(45)53-37-25-50-39-34(37)20-21-49-39)57(47,48)33-18-16-31(17-19-33)51-26-56(46,55-32-14-10-7-11-15-32)54-29(5)38(44)52-28(3)4;1-24(2)20-36(49(41,42)28-15-13-26(14-16-28)45-23-48(39,40)47-27-11-7-4-8-12-27)21-31(37)30(19-25-9-5-3-6-10-25)35-34(38)46-32-22-44-33-29(32)17-18-43-33;1-4(2)9-6(8)5(3)7;;/h6-19,27-29,34-37,39,43H,20-26H2,1-5H3,(H,41,45);3-16,24,29-33,37H,17-23H2,1-2H3,(H,35,38)(H,39,40);4-5,7H,1-3H3;2*1H4/t29-,34-,35-,36+,37-,39+,56?;29-,30-,31+,32-,33+;5-;;/m000../s1. The summed E-state index contributed by atoms with van der Waals surface area (Å²) < 4.78 is 156. The molecule has 0 spiro atoms. The van der Waals surface area contributed by atoms with E-state index in [1.54, 1.807) is 88.4 Å². The lowest BCUT2D eigenvalue weighted by molar-refractivity contribution is -0.156. The van der Waals surface area contributed by atoms with E-state index in [1.807, 2.05) is 88.4 Å². The molecule has 0 saturated carbocycles. The molecular weight excluding hydrogens is 1600 g/mol. The fourth-order valence-corrected chi connectivity index (χ4v) is 18.0. The van der Waals surface area contributed by atoms with Crippen molar-refractivity contribution in [1.29, 1.82) is 0 Å². The van der Waals surface area contributed by atoms with E-state index in [9.17, 15) is 60.3 Å². The van der Waals surface area contributed by atoms with Crippen molar-refractivity contribution in [2.75, 3.05) is 65.3 Å². The van der Waals surface area contributed by atoms with E-state index < -0.39 is 139 Å². The molecule has 648 valence electrons. The number of hydrogen-bond donors (Lipinski definition) is 6. The highest BCUT2D eigenvalue weighted by Crippen LogP contribution is 2.50. The first-order valence-corrected chi connectivity index (χ1v) is 44.4. The summed E-state index contributed by atoms with van der Waals surface area (Å²) in [6.07, 6.45) is -8.21. The Labute approximate surface area is 687 Å². The molecule has 35 heteroatoms. The second kappa shape index (κ2) is 46.5. The minimum Gasteiger partial charge on any atom is -0.480 e. The topological polar surface area (TPSA) is 402 Å². The number of carbonyl (C=O) groups is 4. The summed E-state index contributed by atoms with van der Waals surface area (Å²) in [4.78, 5) is 59.3. The number of sulfonamides is 2. The van der Waals surface area contributed by atoms with E-state index in [-0.39, 0.29) is 130 Å². The van der Waals surface area contributed by atoms with Crippen molar-refractivity contribution >= 4 is 59.4 Å².